The van der Waals surface area contributed by atoms with Crippen LogP contribution in [0.5, 0.6) is 11.5 Å². The van der Waals surface area contributed by atoms with Gasteiger partial charge in [0.15, 0.2) is 23.9 Å². The number of rotatable bonds is 11. The lowest BCUT2D eigenvalue weighted by atomic mass is 9.86. The highest BCUT2D eigenvalue weighted by atomic mass is 35.5. The molecule has 2 atom stereocenters. The Morgan fingerprint density at radius 3 is 2.34 bits per heavy atom. The SMILES string of the molecule is COc1ccc([C@H](Cc2c(Cl)c[nH+]cc2Cl)OC(=O)c2cccc(CN(C(=O)O[C@H]3CN4CCC3CC4)c3ccccc3F)c2)cc1OC.[OH-]. The Labute approximate surface area is 299 Å². The predicted octanol–water partition coefficient (Wildman–Crippen LogP) is 7.17. The number of fused-ring (bicyclic) bond motifs is 3. The van der Waals surface area contributed by atoms with E-state index in [4.69, 9.17) is 42.1 Å². The molecule has 0 saturated carbocycles. The van der Waals surface area contributed by atoms with E-state index in [0.717, 1.165) is 25.9 Å². The Kier molecular flexibility index (Phi) is 12.2. The number of hydrogen-bond acceptors (Lipinski definition) is 8. The second-order valence-electron chi connectivity index (χ2n) is 12.1. The zero-order valence-corrected chi connectivity index (χ0v) is 29.1. The summed E-state index contributed by atoms with van der Waals surface area (Å²) in [5.41, 5.74) is 2.12. The van der Waals surface area contributed by atoms with Crippen molar-refractivity contribution in [2.24, 2.45) is 5.92 Å². The summed E-state index contributed by atoms with van der Waals surface area (Å²) < 4.78 is 38.1. The zero-order valence-electron chi connectivity index (χ0n) is 27.6. The smallest absolute Gasteiger partial charge is 0.415 e. The molecule has 2 N–H and O–H groups in total. The standard InChI is InChI=1S/C37H36Cl2FN3O6.H2O/c1-46-32-11-10-25(17-34(32)47-2)33(18-27-28(38)19-41-20-29(27)39)48-36(44)26-7-5-6-23(16-26)21-43(31-9-4-3-8-30(31)40)37(45)49-35-22-42-14-12-24(35)13-15-42;/h3-11,16-17,19-20,24,33,35H,12-15,18,21-22H2,1-2H3;1H2/t33-,35-;/m0./s1. The quantitative estimate of drug-likeness (QED) is 0.149. The second-order valence-corrected chi connectivity index (χ2v) is 13.0. The summed E-state index contributed by atoms with van der Waals surface area (Å²) in [5, 5.41) is 0.767. The lowest BCUT2D eigenvalue weighted by Crippen LogP contribution is -2.53. The van der Waals surface area contributed by atoms with Crippen molar-refractivity contribution in [1.82, 2.24) is 4.90 Å². The van der Waals surface area contributed by atoms with Gasteiger partial charge in [-0.25, -0.2) is 19.0 Å². The molecule has 3 aliphatic rings. The second kappa shape index (κ2) is 16.5. The van der Waals surface area contributed by atoms with Crippen molar-refractivity contribution in [3.63, 3.8) is 0 Å². The number of anilines is 1. The van der Waals surface area contributed by atoms with Crippen LogP contribution < -0.4 is 19.4 Å². The van der Waals surface area contributed by atoms with Gasteiger partial charge in [-0.3, -0.25) is 9.80 Å². The maximum absolute atomic E-state index is 15.1. The van der Waals surface area contributed by atoms with E-state index in [2.05, 4.69) is 9.88 Å². The molecule has 0 radical (unpaired) electrons. The van der Waals surface area contributed by atoms with Crippen molar-refractivity contribution in [3.05, 3.63) is 117 Å². The number of aromatic amines is 1. The minimum atomic E-state index is -0.820. The Morgan fingerprint density at radius 2 is 1.68 bits per heavy atom. The summed E-state index contributed by atoms with van der Waals surface area (Å²) in [5.74, 6) is 0.0777. The molecule has 3 aliphatic heterocycles. The number of halogens is 3. The number of nitrogens with one attached hydrogen (secondary N) is 1. The number of carbonyl (C=O) groups excluding carboxylic acids is 2. The largest absolute Gasteiger partial charge is 0.870 e. The number of carbonyl (C=O) groups is 2. The predicted molar refractivity (Wildman–Crippen MR) is 185 cm³/mol. The molecule has 4 aromatic rings. The van der Waals surface area contributed by atoms with Crippen molar-refractivity contribution in [2.45, 2.75) is 38.0 Å². The van der Waals surface area contributed by atoms with Crippen LogP contribution in [0.3, 0.4) is 0 Å². The van der Waals surface area contributed by atoms with Crippen molar-refractivity contribution in [3.8, 4) is 11.5 Å². The molecule has 264 valence electrons. The van der Waals surface area contributed by atoms with Crippen molar-refractivity contribution in [1.29, 1.82) is 0 Å². The van der Waals surface area contributed by atoms with Gasteiger partial charge in [0.1, 0.15) is 28.1 Å². The maximum atomic E-state index is 15.1. The van der Waals surface area contributed by atoms with E-state index >= 15 is 4.39 Å². The molecule has 0 unspecified atom stereocenters. The van der Waals surface area contributed by atoms with Crippen LogP contribution in [0.25, 0.3) is 0 Å². The van der Waals surface area contributed by atoms with Crippen LogP contribution in [0.2, 0.25) is 10.0 Å². The van der Waals surface area contributed by atoms with Gasteiger partial charge in [-0.15, -0.1) is 0 Å². The molecule has 13 heteroatoms. The molecule has 1 amide bonds. The van der Waals surface area contributed by atoms with Crippen LogP contribution in [0.4, 0.5) is 14.9 Å². The van der Waals surface area contributed by atoms with E-state index in [-0.39, 0.29) is 41.7 Å². The van der Waals surface area contributed by atoms with E-state index in [1.807, 2.05) is 0 Å². The Hall–Kier alpha value is -4.42. The number of ether oxygens (including phenoxy) is 4. The molecule has 50 heavy (non-hydrogen) atoms. The number of amides is 1. The first-order chi connectivity index (χ1) is 23.7. The van der Waals surface area contributed by atoms with E-state index < -0.39 is 24.0 Å². The molecule has 10 nitrogen and oxygen atoms in total. The van der Waals surface area contributed by atoms with Crippen molar-refractivity contribution >= 4 is 41.0 Å². The topological polar surface area (TPSA) is 122 Å². The van der Waals surface area contributed by atoms with Gasteiger partial charge in [-0.2, -0.15) is 0 Å². The molecule has 7 rings (SSSR count). The van der Waals surface area contributed by atoms with Gasteiger partial charge in [0.25, 0.3) is 0 Å². The monoisotopic (exact) mass is 725 g/mol. The summed E-state index contributed by atoms with van der Waals surface area (Å²) in [6.07, 6.45) is 3.58. The fraction of sp³-hybridized carbons (Fsp3) is 0.324. The maximum Gasteiger partial charge on any atom is 0.415 e. The van der Waals surface area contributed by atoms with Gasteiger partial charge in [0.2, 0.25) is 0 Å². The highest BCUT2D eigenvalue weighted by Gasteiger charge is 2.38. The molecule has 4 heterocycles. The number of methoxy groups -OCH3 is 2. The van der Waals surface area contributed by atoms with Gasteiger partial charge in [-0.1, -0.05) is 53.5 Å². The highest BCUT2D eigenvalue weighted by molar-refractivity contribution is 6.35. The van der Waals surface area contributed by atoms with E-state index in [1.165, 1.54) is 31.3 Å². The van der Waals surface area contributed by atoms with Crippen LogP contribution in [0, 0.1) is 11.7 Å². The number of piperidine rings is 3. The molecular formula is C37H38Cl2FN3O7. The van der Waals surface area contributed by atoms with E-state index in [0.29, 0.717) is 44.8 Å². The Morgan fingerprint density at radius 1 is 0.960 bits per heavy atom. The highest BCUT2D eigenvalue weighted by Crippen LogP contribution is 2.36. The molecule has 0 aliphatic carbocycles. The minimum Gasteiger partial charge on any atom is -0.870 e. The molecule has 0 spiro atoms. The van der Waals surface area contributed by atoms with Crippen LogP contribution in [0.1, 0.15) is 46.0 Å². The molecular weight excluding hydrogens is 688 g/mol. The minimum absolute atomic E-state index is 0. The molecule has 3 fully saturated rings. The zero-order chi connectivity index (χ0) is 34.5. The Balaban J connectivity index is 0.00000486. The van der Waals surface area contributed by atoms with Gasteiger partial charge in [0.05, 0.1) is 32.0 Å². The first-order valence-electron chi connectivity index (χ1n) is 16.0. The average Bonchev–Trinajstić information content (AvgIpc) is 3.12. The fourth-order valence-corrected chi connectivity index (χ4v) is 7.00. The third-order valence-corrected chi connectivity index (χ3v) is 9.80. The molecule has 1 aromatic heterocycles. The normalized spacial score (nSPS) is 18.4. The number of aromatic nitrogens is 1. The van der Waals surface area contributed by atoms with E-state index in [1.54, 1.807) is 67.0 Å². The van der Waals surface area contributed by atoms with Crippen LogP contribution in [0.15, 0.2) is 79.1 Å². The first-order valence-corrected chi connectivity index (χ1v) is 16.8. The number of H-pyrrole nitrogens is 1. The van der Waals surface area contributed by atoms with E-state index in [9.17, 15) is 9.59 Å². The summed E-state index contributed by atoms with van der Waals surface area (Å²) in [4.78, 5) is 33.9. The summed E-state index contributed by atoms with van der Waals surface area (Å²) in [6.45, 7) is 2.62. The van der Waals surface area contributed by atoms with Gasteiger partial charge in [0, 0.05) is 18.5 Å². The first kappa shape index (κ1) is 36.9. The van der Waals surface area contributed by atoms with Gasteiger partial charge < -0.3 is 24.4 Å². The van der Waals surface area contributed by atoms with Crippen LogP contribution >= 0.6 is 23.2 Å². The number of hydrogen-bond donors (Lipinski definition) is 0. The summed E-state index contributed by atoms with van der Waals surface area (Å²) in [7, 11) is 3.05. The number of esters is 1. The van der Waals surface area contributed by atoms with Gasteiger partial charge >= 0.3 is 12.1 Å². The molecule has 2 bridgehead atoms. The fourth-order valence-electron chi connectivity index (χ4n) is 6.47. The number of benzene rings is 3. The number of para-hydroxylation sites is 1. The average molecular weight is 727 g/mol. The van der Waals surface area contributed by atoms with Crippen LogP contribution in [-0.4, -0.2) is 62.4 Å². The van der Waals surface area contributed by atoms with Crippen molar-refractivity contribution in [2.75, 3.05) is 38.8 Å². The number of nitrogens with zero attached hydrogens (tertiary/aromatic N) is 2. The summed E-state index contributed by atoms with van der Waals surface area (Å²) >= 11 is 13.0. The number of pyridine rings is 1. The lowest BCUT2D eigenvalue weighted by Gasteiger charge is -2.44. The van der Waals surface area contributed by atoms with Crippen LogP contribution in [-0.2, 0) is 22.4 Å². The molecule has 3 aromatic carbocycles. The third kappa shape index (κ3) is 8.30. The lowest BCUT2D eigenvalue weighted by molar-refractivity contribution is -0.377. The summed E-state index contributed by atoms with van der Waals surface area (Å²) in [6, 6.07) is 18.0. The van der Waals surface area contributed by atoms with Crippen molar-refractivity contribution < 1.29 is 43.4 Å². The Bertz CT molecular complexity index is 1800. The molecule has 3 saturated heterocycles. The van der Waals surface area contributed by atoms with Gasteiger partial charge in [-0.05, 0) is 79.4 Å². The third-order valence-electron chi connectivity index (χ3n) is 9.13.